The van der Waals surface area contributed by atoms with Crippen LogP contribution < -0.4 is 10.3 Å². The molecule has 0 unspecified atom stereocenters. The number of amides is 1. The number of hydroxylamine groups is 2. The lowest BCUT2D eigenvalue weighted by Crippen LogP contribution is -2.25. The SMILES string of the molecule is CON(C)C(=O)c1ccc(Cl)c(S(N)(=O)=O)c1.C[Si](C)(C)C#Cc1ccc(Br)cc1.C[Si](C)(C)C#Cc1ccc(C(=O)c2ccc(Cl)c(S(N)(=O)=O)c2)cc1. The smallest absolute Gasteiger partial charge is 0.277 e. The Hall–Kier alpha value is -3.59. The molecule has 4 aromatic rings. The van der Waals surface area contributed by atoms with Crippen molar-refractivity contribution in [1.29, 1.82) is 0 Å². The number of sulfonamides is 2. The molecule has 17 heteroatoms. The lowest BCUT2D eigenvalue weighted by molar-refractivity contribution is -0.0757. The molecule has 0 aliphatic heterocycles. The fourth-order valence-electron chi connectivity index (χ4n) is 3.91. The highest BCUT2D eigenvalue weighted by Crippen LogP contribution is 2.24. The first-order chi connectivity index (χ1) is 25.2. The van der Waals surface area contributed by atoms with Crippen LogP contribution in [-0.2, 0) is 24.9 Å². The number of nitrogens with zero attached hydrogens (tertiary/aromatic N) is 1. The van der Waals surface area contributed by atoms with E-state index in [1.165, 1.54) is 44.5 Å². The maximum atomic E-state index is 12.6. The van der Waals surface area contributed by atoms with Crippen LogP contribution in [0.15, 0.2) is 99.2 Å². The Kier molecular flexibility index (Phi) is 17.3. The molecular formula is C38H42BrCl2N3O7S2Si2. The third-order valence-corrected chi connectivity index (χ3v) is 11.8. The van der Waals surface area contributed by atoms with Gasteiger partial charge in [-0.2, -0.15) is 0 Å². The predicted molar refractivity (Wildman–Crippen MR) is 229 cm³/mol. The molecule has 0 atom stereocenters. The maximum absolute atomic E-state index is 12.6. The standard InChI is InChI=1S/C18H18ClNO3SSi.C11H13BrSi.C9H11ClN2O4S/c1-25(2,3)11-10-13-4-6-14(7-5-13)18(21)15-8-9-16(19)17(12-15)24(20,22)23;1-13(2,3)9-8-10-4-6-11(12)7-5-10;1-12(16-2)9(13)6-3-4-7(10)8(5-6)17(11,14)15/h4-9,12H,1-3H3,(H2,20,22,23);4-7H,1-3H3;3-5H,1-2H3,(H2,11,14,15). The minimum absolute atomic E-state index is 0.0176. The zero-order valence-electron chi connectivity index (χ0n) is 31.5. The largest absolute Gasteiger partial charge is 0.289 e. The molecule has 0 fully saturated rings. The van der Waals surface area contributed by atoms with E-state index < -0.39 is 42.1 Å². The first kappa shape index (κ1) is 47.6. The van der Waals surface area contributed by atoms with Crippen molar-refractivity contribution in [2.24, 2.45) is 10.3 Å². The first-order valence-electron chi connectivity index (χ1n) is 16.2. The molecule has 0 saturated carbocycles. The lowest BCUT2D eigenvalue weighted by Gasteiger charge is -2.14. The molecule has 0 aliphatic carbocycles. The zero-order valence-corrected chi connectivity index (χ0v) is 38.2. The van der Waals surface area contributed by atoms with Crippen LogP contribution in [-0.4, -0.2) is 63.9 Å². The third-order valence-electron chi connectivity index (χ3n) is 6.70. The van der Waals surface area contributed by atoms with Crippen LogP contribution in [0.25, 0.3) is 0 Å². The van der Waals surface area contributed by atoms with E-state index in [9.17, 15) is 26.4 Å². The van der Waals surface area contributed by atoms with Crippen molar-refractivity contribution in [3.05, 3.63) is 127 Å². The van der Waals surface area contributed by atoms with Crippen molar-refractivity contribution in [3.63, 3.8) is 0 Å². The lowest BCUT2D eigenvalue weighted by atomic mass is 10.0. The predicted octanol–water partition coefficient (Wildman–Crippen LogP) is 7.75. The molecule has 4 N–H and O–H groups in total. The summed E-state index contributed by atoms with van der Waals surface area (Å²) in [6.45, 7) is 13.2. The van der Waals surface area contributed by atoms with E-state index in [4.69, 9.17) is 38.3 Å². The van der Waals surface area contributed by atoms with Gasteiger partial charge in [0.2, 0.25) is 20.0 Å². The molecule has 4 rings (SSSR count). The van der Waals surface area contributed by atoms with Crippen LogP contribution in [0.3, 0.4) is 0 Å². The van der Waals surface area contributed by atoms with E-state index in [1.54, 1.807) is 24.3 Å². The molecule has 0 aliphatic rings. The van der Waals surface area contributed by atoms with Crippen molar-refractivity contribution in [2.45, 2.75) is 49.1 Å². The Morgan fingerprint density at radius 1 is 0.655 bits per heavy atom. The molecular weight excluding hydrogens is 882 g/mol. The quantitative estimate of drug-likeness (QED) is 0.0864. The van der Waals surface area contributed by atoms with Gasteiger partial charge < -0.3 is 0 Å². The maximum Gasteiger partial charge on any atom is 0.277 e. The van der Waals surface area contributed by atoms with E-state index in [1.807, 2.05) is 24.3 Å². The van der Waals surface area contributed by atoms with Gasteiger partial charge in [0.1, 0.15) is 25.9 Å². The second-order valence-corrected chi connectivity index (χ2v) is 28.1. The molecule has 10 nitrogen and oxygen atoms in total. The summed E-state index contributed by atoms with van der Waals surface area (Å²) in [6.07, 6.45) is 0. The number of halogens is 3. The molecule has 0 radical (unpaired) electrons. The number of carbonyl (C=O) groups is 2. The average Bonchev–Trinajstić information content (AvgIpc) is 3.09. The Labute approximate surface area is 344 Å². The number of rotatable bonds is 6. The molecule has 0 spiro atoms. The van der Waals surface area contributed by atoms with Crippen LogP contribution in [0.4, 0.5) is 0 Å². The van der Waals surface area contributed by atoms with Crippen molar-refractivity contribution >= 4 is 87.0 Å². The van der Waals surface area contributed by atoms with Gasteiger partial charge in [0.15, 0.2) is 5.78 Å². The van der Waals surface area contributed by atoms with Crippen LogP contribution in [0.1, 0.15) is 37.4 Å². The monoisotopic (exact) mass is 921 g/mol. The molecule has 0 heterocycles. The number of primary sulfonamides is 2. The van der Waals surface area contributed by atoms with Crippen molar-refractivity contribution < 1.29 is 31.3 Å². The third kappa shape index (κ3) is 16.6. The summed E-state index contributed by atoms with van der Waals surface area (Å²) in [7, 11) is -7.95. The van der Waals surface area contributed by atoms with E-state index in [0.717, 1.165) is 26.7 Å². The van der Waals surface area contributed by atoms with E-state index >= 15 is 0 Å². The summed E-state index contributed by atoms with van der Waals surface area (Å²) in [5.41, 5.74) is 9.27. The molecule has 55 heavy (non-hydrogen) atoms. The number of carbonyl (C=O) groups excluding carboxylic acids is 2. The van der Waals surface area contributed by atoms with Crippen LogP contribution in [0.2, 0.25) is 49.3 Å². The number of hydrogen-bond donors (Lipinski definition) is 2. The Balaban J connectivity index is 0.000000303. The van der Waals surface area contributed by atoms with E-state index in [0.29, 0.717) is 5.56 Å². The summed E-state index contributed by atoms with van der Waals surface area (Å²) in [4.78, 5) is 28.4. The fraction of sp³-hybridized carbons (Fsp3) is 0.211. The highest BCUT2D eigenvalue weighted by Gasteiger charge is 2.19. The van der Waals surface area contributed by atoms with E-state index in [-0.39, 0.29) is 36.7 Å². The van der Waals surface area contributed by atoms with Gasteiger partial charge in [-0.25, -0.2) is 32.2 Å². The van der Waals surface area contributed by atoms with Crippen molar-refractivity contribution in [3.8, 4) is 22.9 Å². The number of benzene rings is 4. The molecule has 4 aromatic carbocycles. The highest BCUT2D eigenvalue weighted by molar-refractivity contribution is 9.10. The summed E-state index contributed by atoms with van der Waals surface area (Å²) < 4.78 is 46.6. The van der Waals surface area contributed by atoms with Crippen LogP contribution in [0.5, 0.6) is 0 Å². The topological polar surface area (TPSA) is 167 Å². The van der Waals surface area contributed by atoms with Gasteiger partial charge in [0.05, 0.1) is 17.2 Å². The van der Waals surface area contributed by atoms with Gasteiger partial charge >= 0.3 is 0 Å². The summed E-state index contributed by atoms with van der Waals surface area (Å²) >= 11 is 14.9. The van der Waals surface area contributed by atoms with Crippen molar-refractivity contribution in [2.75, 3.05) is 14.2 Å². The van der Waals surface area contributed by atoms with Gasteiger partial charge in [0.25, 0.3) is 5.91 Å². The first-order valence-corrected chi connectivity index (χ1v) is 27.8. The summed E-state index contributed by atoms with van der Waals surface area (Å²) in [6, 6.07) is 22.8. The Morgan fingerprint density at radius 3 is 1.40 bits per heavy atom. The summed E-state index contributed by atoms with van der Waals surface area (Å²) in [5, 5.41) is 11.0. The van der Waals surface area contributed by atoms with Gasteiger partial charge in [0, 0.05) is 39.3 Å². The van der Waals surface area contributed by atoms with Gasteiger partial charge in [-0.15, -0.1) is 11.1 Å². The highest BCUT2D eigenvalue weighted by atomic mass is 79.9. The molecule has 1 amide bonds. The minimum Gasteiger partial charge on any atom is -0.289 e. The Morgan fingerprint density at radius 2 is 1.02 bits per heavy atom. The normalized spacial score (nSPS) is 11.2. The summed E-state index contributed by atoms with van der Waals surface area (Å²) in [5.74, 6) is 5.50. The van der Waals surface area contributed by atoms with Gasteiger partial charge in [-0.1, -0.05) is 90.3 Å². The molecule has 0 saturated heterocycles. The number of hydrogen-bond acceptors (Lipinski definition) is 7. The molecule has 0 bridgehead atoms. The second-order valence-electron chi connectivity index (χ2n) is 13.8. The fourth-order valence-corrected chi connectivity index (χ4v) is 7.35. The number of ketones is 1. The molecule has 0 aromatic heterocycles. The minimum atomic E-state index is -4.00. The second kappa shape index (κ2) is 20.0. The van der Waals surface area contributed by atoms with Crippen LogP contribution in [0, 0.1) is 22.9 Å². The van der Waals surface area contributed by atoms with E-state index in [2.05, 4.69) is 78.1 Å². The van der Waals surface area contributed by atoms with Crippen molar-refractivity contribution in [1.82, 2.24) is 5.06 Å². The van der Waals surface area contributed by atoms with Gasteiger partial charge in [-0.3, -0.25) is 14.4 Å². The van der Waals surface area contributed by atoms with Gasteiger partial charge in [-0.05, 0) is 84.9 Å². The number of nitrogens with two attached hydrogens (primary N) is 2. The molecule has 292 valence electrons. The average molecular weight is 924 g/mol. The Bertz CT molecular complexity index is 2380. The van der Waals surface area contributed by atoms with Crippen LogP contribution >= 0.6 is 39.1 Å². The zero-order chi connectivity index (χ0) is 41.9.